The fraction of sp³-hybridized carbons (Fsp3) is 0.425. The highest BCUT2D eigenvalue weighted by molar-refractivity contribution is 6.25. The average Bonchev–Trinajstić information content (AvgIpc) is 3.99. The van der Waals surface area contributed by atoms with Crippen LogP contribution in [0, 0.1) is 0 Å². The molecule has 0 saturated carbocycles. The van der Waals surface area contributed by atoms with Crippen molar-refractivity contribution in [3.05, 3.63) is 76.7 Å². The summed E-state index contributed by atoms with van der Waals surface area (Å²) in [5, 5.41) is 13.7. The maximum Gasteiger partial charge on any atom is 0.264 e. The van der Waals surface area contributed by atoms with E-state index in [2.05, 4.69) is 37.6 Å². The molecule has 0 spiro atoms. The number of nitrogens with one attached hydrogen (secondary N) is 2. The minimum Gasteiger partial charge on any atom is -0.382 e. The second-order valence-corrected chi connectivity index (χ2v) is 14.8. The summed E-state index contributed by atoms with van der Waals surface area (Å²) in [5.74, 6) is -0.297. The van der Waals surface area contributed by atoms with Gasteiger partial charge in [0.25, 0.3) is 17.7 Å². The lowest BCUT2D eigenvalue weighted by Crippen LogP contribution is -2.54. The lowest BCUT2D eigenvalue weighted by Gasteiger charge is -2.27. The smallest absolute Gasteiger partial charge is 0.264 e. The standard InChI is InChI=1S/C40H45N11O6/c1-4-48-23-42-46-36(48)29-11-6-12-32(43-29)50-21-27-26(38(50)54)20-33(49-16-7-8-24(49)2)44-30(27)22-47(3)17-19-57-18-15-41-28-10-5-9-25-35(28)40(56)51(39(25)55)31-13-14-34(52)45-37(31)53/h5-6,9-12,20,23-24,31,41H,4,7-8,13-19,21-22H2,1-3H3,(H,45,52,53)/t24-,31?/m1/s1. The SMILES string of the molecule is CCn1cnnc1-c1cccc(N2Cc3c(cc(N4CCC[C@H]4C)nc3CN(C)CCOCCNc3cccc4c3C(=O)N(C3CCC(=O)NC3=O)C4=O)C2=O)n1. The fourth-order valence-electron chi connectivity index (χ4n) is 8.05. The number of imide groups is 2. The van der Waals surface area contributed by atoms with Gasteiger partial charge in [-0.05, 0) is 70.5 Å². The minimum atomic E-state index is -1.03. The van der Waals surface area contributed by atoms with E-state index in [0.29, 0.717) is 80.6 Å². The van der Waals surface area contributed by atoms with Gasteiger partial charge in [0, 0.05) is 56.4 Å². The van der Waals surface area contributed by atoms with Crippen molar-refractivity contribution in [2.75, 3.05) is 55.0 Å². The van der Waals surface area contributed by atoms with Gasteiger partial charge in [0.2, 0.25) is 11.8 Å². The Labute approximate surface area is 329 Å². The molecule has 0 radical (unpaired) electrons. The molecule has 3 aromatic heterocycles. The zero-order valence-corrected chi connectivity index (χ0v) is 32.2. The van der Waals surface area contributed by atoms with E-state index >= 15 is 0 Å². The van der Waals surface area contributed by atoms with Gasteiger partial charge in [-0.3, -0.25) is 44.0 Å². The number of aromatic nitrogens is 5. The minimum absolute atomic E-state index is 0.0571. The van der Waals surface area contributed by atoms with Crippen molar-refractivity contribution >= 4 is 46.9 Å². The van der Waals surface area contributed by atoms with E-state index in [9.17, 15) is 24.0 Å². The van der Waals surface area contributed by atoms with Gasteiger partial charge in [-0.1, -0.05) is 12.1 Å². The lowest BCUT2D eigenvalue weighted by atomic mass is 10.0. The van der Waals surface area contributed by atoms with Crippen LogP contribution < -0.4 is 20.4 Å². The Hall–Kier alpha value is -6.07. The molecule has 2 saturated heterocycles. The summed E-state index contributed by atoms with van der Waals surface area (Å²) in [6, 6.07) is 11.8. The Balaban J connectivity index is 0.900. The third-order valence-corrected chi connectivity index (χ3v) is 11.1. The predicted molar refractivity (Wildman–Crippen MR) is 208 cm³/mol. The monoisotopic (exact) mass is 775 g/mol. The van der Waals surface area contributed by atoms with Crippen molar-refractivity contribution in [3.8, 4) is 11.5 Å². The predicted octanol–water partition coefficient (Wildman–Crippen LogP) is 2.87. The molecule has 17 heteroatoms. The molecule has 4 aliphatic rings. The summed E-state index contributed by atoms with van der Waals surface area (Å²) in [7, 11) is 1.99. The first-order valence-electron chi connectivity index (χ1n) is 19.4. The molecule has 4 aromatic rings. The molecular formula is C40H45N11O6. The second kappa shape index (κ2) is 15.8. The van der Waals surface area contributed by atoms with E-state index in [0.717, 1.165) is 41.4 Å². The summed E-state index contributed by atoms with van der Waals surface area (Å²) in [5.41, 5.74) is 3.91. The Morgan fingerprint density at radius 2 is 1.81 bits per heavy atom. The van der Waals surface area contributed by atoms with E-state index in [-0.39, 0.29) is 29.9 Å². The van der Waals surface area contributed by atoms with Crippen molar-refractivity contribution < 1.29 is 28.7 Å². The molecule has 1 unspecified atom stereocenters. The number of anilines is 3. The van der Waals surface area contributed by atoms with E-state index in [4.69, 9.17) is 14.7 Å². The van der Waals surface area contributed by atoms with Gasteiger partial charge in [0.15, 0.2) is 5.82 Å². The third-order valence-electron chi connectivity index (χ3n) is 11.1. The summed E-state index contributed by atoms with van der Waals surface area (Å²) in [6.07, 6.45) is 3.96. The van der Waals surface area contributed by atoms with Crippen molar-refractivity contribution in [2.24, 2.45) is 0 Å². The number of nitrogens with zero attached hydrogens (tertiary/aromatic N) is 9. The van der Waals surface area contributed by atoms with Crippen LogP contribution >= 0.6 is 0 Å². The zero-order valence-electron chi connectivity index (χ0n) is 32.2. The van der Waals surface area contributed by atoms with Crippen LogP contribution in [0.4, 0.5) is 17.3 Å². The Bertz CT molecular complexity index is 2260. The number of carbonyl (C=O) groups excluding carboxylic acids is 5. The van der Waals surface area contributed by atoms with Gasteiger partial charge in [-0.25, -0.2) is 9.97 Å². The van der Waals surface area contributed by atoms with Crippen molar-refractivity contribution in [2.45, 2.75) is 71.2 Å². The highest BCUT2D eigenvalue weighted by Gasteiger charge is 2.45. The molecule has 0 bridgehead atoms. The number of benzene rings is 1. The molecule has 7 heterocycles. The van der Waals surface area contributed by atoms with Crippen LogP contribution in [0.15, 0.2) is 48.8 Å². The van der Waals surface area contributed by atoms with Crippen LogP contribution in [-0.4, -0.2) is 116 Å². The van der Waals surface area contributed by atoms with Crippen LogP contribution in [0.2, 0.25) is 0 Å². The van der Waals surface area contributed by atoms with Gasteiger partial charge in [0.1, 0.15) is 29.7 Å². The molecule has 8 rings (SSSR count). The molecule has 1 aromatic carbocycles. The molecule has 57 heavy (non-hydrogen) atoms. The number of pyridine rings is 2. The molecule has 296 valence electrons. The number of hydrogen-bond acceptors (Lipinski definition) is 13. The first-order valence-corrected chi connectivity index (χ1v) is 19.4. The lowest BCUT2D eigenvalue weighted by molar-refractivity contribution is -0.136. The van der Waals surface area contributed by atoms with Gasteiger partial charge in [-0.15, -0.1) is 10.2 Å². The highest BCUT2D eigenvalue weighted by atomic mass is 16.5. The Kier molecular flexibility index (Phi) is 10.5. The van der Waals surface area contributed by atoms with E-state index < -0.39 is 29.7 Å². The van der Waals surface area contributed by atoms with Crippen LogP contribution in [0.1, 0.15) is 81.9 Å². The van der Waals surface area contributed by atoms with Gasteiger partial charge < -0.3 is 19.5 Å². The number of carbonyl (C=O) groups is 5. The largest absolute Gasteiger partial charge is 0.382 e. The molecule has 5 amide bonds. The van der Waals surface area contributed by atoms with Gasteiger partial charge in [-0.2, -0.15) is 0 Å². The normalized spacial score (nSPS) is 19.2. The fourth-order valence-corrected chi connectivity index (χ4v) is 8.05. The molecule has 2 atom stereocenters. The molecule has 4 aliphatic heterocycles. The van der Waals surface area contributed by atoms with Crippen molar-refractivity contribution in [1.29, 1.82) is 0 Å². The highest BCUT2D eigenvalue weighted by Crippen LogP contribution is 2.35. The van der Waals surface area contributed by atoms with E-state index in [1.54, 1.807) is 29.4 Å². The molecule has 17 nitrogen and oxygen atoms in total. The maximum absolute atomic E-state index is 14.1. The number of fused-ring (bicyclic) bond motifs is 2. The molecule has 2 fully saturated rings. The average molecular weight is 776 g/mol. The first kappa shape index (κ1) is 37.8. The molecule has 2 N–H and O–H groups in total. The molecular weight excluding hydrogens is 731 g/mol. The van der Waals surface area contributed by atoms with E-state index in [1.807, 2.05) is 42.8 Å². The Morgan fingerprint density at radius 1 is 0.965 bits per heavy atom. The number of hydrogen-bond donors (Lipinski definition) is 2. The summed E-state index contributed by atoms with van der Waals surface area (Å²) >= 11 is 0. The van der Waals surface area contributed by atoms with Crippen molar-refractivity contribution in [1.82, 2.24) is 39.8 Å². The second-order valence-electron chi connectivity index (χ2n) is 14.8. The van der Waals surface area contributed by atoms with Gasteiger partial charge >= 0.3 is 0 Å². The zero-order chi connectivity index (χ0) is 39.8. The van der Waals surface area contributed by atoms with Gasteiger partial charge in [0.05, 0.1) is 42.1 Å². The quantitative estimate of drug-likeness (QED) is 0.141. The number of piperidine rings is 1. The Morgan fingerprint density at radius 3 is 2.60 bits per heavy atom. The number of amides is 5. The summed E-state index contributed by atoms with van der Waals surface area (Å²) < 4.78 is 7.88. The van der Waals surface area contributed by atoms with Crippen LogP contribution in [-0.2, 0) is 34.0 Å². The maximum atomic E-state index is 14.1. The van der Waals surface area contributed by atoms with Crippen LogP contribution in [0.25, 0.3) is 11.5 Å². The third kappa shape index (κ3) is 7.23. The first-order chi connectivity index (χ1) is 27.6. The topological polar surface area (TPSA) is 188 Å². The summed E-state index contributed by atoms with van der Waals surface area (Å²) in [6.45, 7) is 8.35. The number of rotatable bonds is 14. The van der Waals surface area contributed by atoms with Crippen LogP contribution in [0.5, 0.6) is 0 Å². The van der Waals surface area contributed by atoms with Crippen molar-refractivity contribution in [3.63, 3.8) is 0 Å². The number of likely N-dealkylation sites (N-methyl/N-ethyl adjacent to an activating group) is 1. The number of aryl methyl sites for hydroxylation is 1. The summed E-state index contributed by atoms with van der Waals surface area (Å²) in [4.78, 5) is 81.8. The van der Waals surface area contributed by atoms with E-state index in [1.165, 1.54) is 0 Å². The van der Waals surface area contributed by atoms with Crippen LogP contribution in [0.3, 0.4) is 0 Å². The molecule has 0 aliphatic carbocycles. The number of ether oxygens (including phenoxy) is 1.